The molecule has 0 aromatic heterocycles. The van der Waals surface area contributed by atoms with Crippen LogP contribution in [0.1, 0.15) is 30.6 Å². The van der Waals surface area contributed by atoms with Gasteiger partial charge in [0.2, 0.25) is 0 Å². The van der Waals surface area contributed by atoms with Crippen LogP contribution in [0.4, 0.5) is 5.69 Å². The second-order valence-corrected chi connectivity index (χ2v) is 5.32. The summed E-state index contributed by atoms with van der Waals surface area (Å²) in [5, 5.41) is 11.1. The van der Waals surface area contributed by atoms with E-state index in [9.17, 15) is 19.7 Å². The summed E-state index contributed by atoms with van der Waals surface area (Å²) in [5.74, 6) is -1.19. The van der Waals surface area contributed by atoms with Gasteiger partial charge in [0.25, 0.3) is 5.91 Å². The normalized spacial score (nSPS) is 11.5. The van der Waals surface area contributed by atoms with Crippen LogP contribution in [-0.2, 0) is 9.53 Å². The maximum atomic E-state index is 12.7. The van der Waals surface area contributed by atoms with Crippen molar-refractivity contribution in [2.75, 3.05) is 27.3 Å². The zero-order valence-corrected chi connectivity index (χ0v) is 14.3. The molecule has 0 radical (unpaired) electrons. The zero-order chi connectivity index (χ0) is 18.3. The monoisotopic (exact) mass is 338 g/mol. The van der Waals surface area contributed by atoms with Gasteiger partial charge in [-0.15, -0.1) is 0 Å². The largest absolute Gasteiger partial charge is 0.490 e. The Morgan fingerprint density at radius 3 is 2.50 bits per heavy atom. The second kappa shape index (κ2) is 8.85. The highest BCUT2D eigenvalue weighted by Crippen LogP contribution is 2.28. The lowest BCUT2D eigenvalue weighted by Crippen LogP contribution is -2.37. The minimum absolute atomic E-state index is 0.0847. The van der Waals surface area contributed by atoms with E-state index < -0.39 is 16.8 Å². The van der Waals surface area contributed by atoms with E-state index in [4.69, 9.17) is 4.74 Å². The molecular formula is C16H22N2O6. The van der Waals surface area contributed by atoms with Gasteiger partial charge in [-0.2, -0.15) is 0 Å². The van der Waals surface area contributed by atoms with Crippen LogP contribution < -0.4 is 4.74 Å². The molecule has 0 saturated carbocycles. The van der Waals surface area contributed by atoms with Gasteiger partial charge in [0.15, 0.2) is 5.75 Å². The van der Waals surface area contributed by atoms with E-state index in [1.54, 1.807) is 6.92 Å². The molecule has 0 heterocycles. The van der Waals surface area contributed by atoms with Crippen molar-refractivity contribution >= 4 is 17.6 Å². The van der Waals surface area contributed by atoms with E-state index in [2.05, 4.69) is 4.74 Å². The first-order chi connectivity index (χ1) is 11.3. The van der Waals surface area contributed by atoms with Crippen LogP contribution in [-0.4, -0.2) is 49.0 Å². The molecule has 1 aromatic carbocycles. The predicted octanol–water partition coefficient (Wildman–Crippen LogP) is 2.26. The third kappa shape index (κ3) is 4.68. The molecule has 24 heavy (non-hydrogen) atoms. The summed E-state index contributed by atoms with van der Waals surface area (Å²) < 4.78 is 9.61. The number of hydrogen-bond donors (Lipinski definition) is 0. The highest BCUT2D eigenvalue weighted by Gasteiger charge is 2.24. The highest BCUT2D eigenvalue weighted by atomic mass is 16.6. The topological polar surface area (TPSA) is 99.0 Å². The molecule has 1 unspecified atom stereocenters. The summed E-state index contributed by atoms with van der Waals surface area (Å²) >= 11 is 0. The number of ether oxygens (including phenoxy) is 2. The second-order valence-electron chi connectivity index (χ2n) is 5.32. The van der Waals surface area contributed by atoms with E-state index in [1.807, 2.05) is 6.92 Å². The van der Waals surface area contributed by atoms with Gasteiger partial charge in [-0.3, -0.25) is 19.7 Å². The van der Waals surface area contributed by atoms with Crippen molar-refractivity contribution in [3.05, 3.63) is 33.9 Å². The van der Waals surface area contributed by atoms with Crippen molar-refractivity contribution in [3.8, 4) is 5.75 Å². The Bertz CT molecular complexity index is 617. The van der Waals surface area contributed by atoms with Crippen LogP contribution in [0.25, 0.3) is 0 Å². The number of carbonyl (C=O) groups is 2. The Labute approximate surface area is 140 Å². The first kappa shape index (κ1) is 19.4. The Morgan fingerprint density at radius 1 is 1.33 bits per heavy atom. The molecule has 0 bridgehead atoms. The van der Waals surface area contributed by atoms with Crippen LogP contribution in [0.15, 0.2) is 18.2 Å². The quantitative estimate of drug-likeness (QED) is 0.409. The molecule has 0 aliphatic carbocycles. The van der Waals surface area contributed by atoms with Crippen LogP contribution in [0.2, 0.25) is 0 Å². The summed E-state index contributed by atoms with van der Waals surface area (Å²) in [7, 11) is 2.61. The maximum Gasteiger partial charge on any atom is 0.311 e. The van der Waals surface area contributed by atoms with E-state index in [0.29, 0.717) is 13.0 Å². The van der Waals surface area contributed by atoms with E-state index in [-0.39, 0.29) is 29.5 Å². The highest BCUT2D eigenvalue weighted by molar-refractivity contribution is 5.95. The van der Waals surface area contributed by atoms with Gasteiger partial charge in [-0.1, -0.05) is 13.8 Å². The van der Waals surface area contributed by atoms with E-state index in [1.165, 1.54) is 37.3 Å². The van der Waals surface area contributed by atoms with Crippen LogP contribution in [0.3, 0.4) is 0 Å². The molecule has 1 atom stereocenters. The number of carbonyl (C=O) groups excluding carboxylic acids is 2. The molecule has 1 rings (SSSR count). The summed E-state index contributed by atoms with van der Waals surface area (Å²) in [6, 6.07) is 4.05. The molecule has 132 valence electrons. The van der Waals surface area contributed by atoms with Gasteiger partial charge in [0.1, 0.15) is 0 Å². The van der Waals surface area contributed by atoms with Gasteiger partial charge in [-0.05, 0) is 18.6 Å². The fourth-order valence-corrected chi connectivity index (χ4v) is 2.30. The van der Waals surface area contributed by atoms with Gasteiger partial charge in [0.05, 0.1) is 25.1 Å². The number of methoxy groups -OCH3 is 2. The standard InChI is InChI=1S/C16H22N2O6/c1-5-8-17(10-11(2)16(20)24-4)15(19)12-6-7-14(23-3)13(9-12)18(21)22/h6-7,9,11H,5,8,10H2,1-4H3. The number of nitro benzene ring substituents is 1. The van der Waals surface area contributed by atoms with Crippen molar-refractivity contribution in [2.24, 2.45) is 5.92 Å². The van der Waals surface area contributed by atoms with Gasteiger partial charge in [-0.25, -0.2) is 0 Å². The van der Waals surface area contributed by atoms with Gasteiger partial charge >= 0.3 is 11.7 Å². The first-order valence-corrected chi connectivity index (χ1v) is 7.55. The SMILES string of the molecule is CCCN(CC(C)C(=O)OC)C(=O)c1ccc(OC)c([N+](=O)[O-])c1. The van der Waals surface area contributed by atoms with Crippen molar-refractivity contribution in [1.29, 1.82) is 0 Å². The minimum Gasteiger partial charge on any atom is -0.490 e. The number of nitrogens with zero attached hydrogens (tertiary/aromatic N) is 2. The molecule has 8 nitrogen and oxygen atoms in total. The van der Waals surface area contributed by atoms with E-state index in [0.717, 1.165) is 0 Å². The molecule has 0 fully saturated rings. The molecule has 1 aromatic rings. The van der Waals surface area contributed by atoms with Crippen LogP contribution in [0, 0.1) is 16.0 Å². The Balaban J connectivity index is 3.08. The van der Waals surface area contributed by atoms with Crippen LogP contribution in [0.5, 0.6) is 5.75 Å². The molecule has 0 aliphatic heterocycles. The number of rotatable bonds is 8. The first-order valence-electron chi connectivity index (χ1n) is 7.55. The average Bonchev–Trinajstić information content (AvgIpc) is 2.59. The maximum absolute atomic E-state index is 12.7. The summed E-state index contributed by atoms with van der Waals surface area (Å²) in [5.41, 5.74) is -0.103. The van der Waals surface area contributed by atoms with E-state index >= 15 is 0 Å². The van der Waals surface area contributed by atoms with Crippen molar-refractivity contribution < 1.29 is 24.0 Å². The van der Waals surface area contributed by atoms with Crippen molar-refractivity contribution in [1.82, 2.24) is 4.90 Å². The molecule has 0 aliphatic rings. The Morgan fingerprint density at radius 2 is 2.00 bits per heavy atom. The molecule has 8 heteroatoms. The Kier molecular flexibility index (Phi) is 7.16. The van der Waals surface area contributed by atoms with Crippen LogP contribution >= 0.6 is 0 Å². The number of benzene rings is 1. The number of amides is 1. The minimum atomic E-state index is -0.600. The number of hydrogen-bond acceptors (Lipinski definition) is 6. The van der Waals surface area contributed by atoms with Crippen molar-refractivity contribution in [2.45, 2.75) is 20.3 Å². The lowest BCUT2D eigenvalue weighted by atomic mass is 10.1. The van der Waals surface area contributed by atoms with Gasteiger partial charge in [0, 0.05) is 24.7 Å². The molecule has 1 amide bonds. The summed E-state index contributed by atoms with van der Waals surface area (Å²) in [6.07, 6.45) is 0.692. The fraction of sp³-hybridized carbons (Fsp3) is 0.500. The lowest BCUT2D eigenvalue weighted by Gasteiger charge is -2.24. The average molecular weight is 338 g/mol. The molecular weight excluding hydrogens is 316 g/mol. The smallest absolute Gasteiger partial charge is 0.311 e. The summed E-state index contributed by atoms with van der Waals surface area (Å²) in [4.78, 5) is 36.2. The lowest BCUT2D eigenvalue weighted by molar-refractivity contribution is -0.385. The third-order valence-corrected chi connectivity index (χ3v) is 3.50. The summed E-state index contributed by atoms with van der Waals surface area (Å²) in [6.45, 7) is 4.18. The third-order valence-electron chi connectivity index (χ3n) is 3.50. The van der Waals surface area contributed by atoms with Crippen molar-refractivity contribution in [3.63, 3.8) is 0 Å². The number of esters is 1. The Hall–Kier alpha value is -2.64. The molecule has 0 spiro atoms. The van der Waals surface area contributed by atoms with Gasteiger partial charge < -0.3 is 14.4 Å². The zero-order valence-electron chi connectivity index (χ0n) is 14.3. The predicted molar refractivity (Wildman–Crippen MR) is 87.0 cm³/mol. The molecule has 0 N–H and O–H groups in total. The number of nitro groups is 1. The molecule has 0 saturated heterocycles. The fourth-order valence-electron chi connectivity index (χ4n) is 2.30.